The van der Waals surface area contributed by atoms with Crippen LogP contribution >= 0.6 is 0 Å². The van der Waals surface area contributed by atoms with Gasteiger partial charge in [-0.05, 0) is 55.8 Å². The number of aliphatic hydroxyl groups is 2. The lowest BCUT2D eigenvalue weighted by Crippen LogP contribution is -2.56. The number of cyclic esters (lactones) is 1. The zero-order valence-electron chi connectivity index (χ0n) is 19.9. The molecule has 0 spiro atoms. The lowest BCUT2D eigenvalue weighted by molar-refractivity contribution is -0.195. The number of aliphatic hydroxyl groups excluding tert-OH is 2. The van der Waals surface area contributed by atoms with Gasteiger partial charge in [0, 0.05) is 18.8 Å². The number of carbonyl (C=O) groups is 2. The summed E-state index contributed by atoms with van der Waals surface area (Å²) in [6.07, 6.45) is 4.60. The molecule has 2 N–H and O–H groups in total. The van der Waals surface area contributed by atoms with E-state index >= 15 is 0 Å². The van der Waals surface area contributed by atoms with E-state index in [0.717, 1.165) is 32.1 Å². The van der Waals surface area contributed by atoms with E-state index in [0.29, 0.717) is 37.0 Å². The van der Waals surface area contributed by atoms with Gasteiger partial charge in [-0.3, -0.25) is 9.59 Å². The second-order valence-electron chi connectivity index (χ2n) is 11.9. The van der Waals surface area contributed by atoms with Crippen LogP contribution in [0.1, 0.15) is 92.4 Å². The molecule has 2 aliphatic carbocycles. The Bertz CT molecular complexity index is 655. The van der Waals surface area contributed by atoms with Crippen LogP contribution in [0.2, 0.25) is 0 Å². The topological polar surface area (TPSA) is 93.1 Å². The summed E-state index contributed by atoms with van der Waals surface area (Å²) in [4.78, 5) is 24.5. The van der Waals surface area contributed by atoms with Gasteiger partial charge in [0.15, 0.2) is 0 Å². The summed E-state index contributed by atoms with van der Waals surface area (Å²) in [5.74, 6) is 0.812. The molecule has 6 heteroatoms. The smallest absolute Gasteiger partial charge is 0.308 e. The van der Waals surface area contributed by atoms with Crippen LogP contribution in [0.3, 0.4) is 0 Å². The normalized spacial score (nSPS) is 41.3. The van der Waals surface area contributed by atoms with Crippen molar-refractivity contribution in [2.75, 3.05) is 0 Å². The van der Waals surface area contributed by atoms with Gasteiger partial charge in [-0.25, -0.2) is 0 Å². The van der Waals surface area contributed by atoms with E-state index in [4.69, 9.17) is 9.47 Å². The van der Waals surface area contributed by atoms with E-state index in [1.165, 1.54) is 0 Å². The van der Waals surface area contributed by atoms with E-state index < -0.39 is 17.8 Å². The number of hydrogen-bond acceptors (Lipinski definition) is 6. The monoisotopic (exact) mass is 438 g/mol. The minimum atomic E-state index is -0.688. The first-order chi connectivity index (χ1) is 14.4. The Kier molecular flexibility index (Phi) is 7.42. The van der Waals surface area contributed by atoms with Crippen LogP contribution in [0, 0.1) is 29.1 Å². The molecule has 178 valence electrons. The molecule has 0 amide bonds. The first kappa shape index (κ1) is 24.5. The maximum Gasteiger partial charge on any atom is 0.308 e. The molecule has 31 heavy (non-hydrogen) atoms. The van der Waals surface area contributed by atoms with Crippen molar-refractivity contribution in [1.29, 1.82) is 0 Å². The zero-order valence-corrected chi connectivity index (χ0v) is 19.9. The highest BCUT2D eigenvalue weighted by atomic mass is 16.6. The molecule has 3 aliphatic rings. The van der Waals surface area contributed by atoms with Crippen molar-refractivity contribution in [3.8, 4) is 0 Å². The van der Waals surface area contributed by atoms with Crippen LogP contribution in [0.4, 0.5) is 0 Å². The molecular formula is C25H42O6. The van der Waals surface area contributed by atoms with Gasteiger partial charge < -0.3 is 19.7 Å². The Morgan fingerprint density at radius 2 is 1.87 bits per heavy atom. The number of fused-ring (bicyclic) bond motifs is 1. The van der Waals surface area contributed by atoms with Crippen LogP contribution in [-0.2, 0) is 19.1 Å². The average Bonchev–Trinajstić information content (AvgIpc) is 2.58. The molecule has 1 heterocycles. The van der Waals surface area contributed by atoms with Crippen LogP contribution < -0.4 is 0 Å². The van der Waals surface area contributed by atoms with Gasteiger partial charge in [0.2, 0.25) is 0 Å². The van der Waals surface area contributed by atoms with Gasteiger partial charge in [-0.2, -0.15) is 0 Å². The SMILES string of the molecule is C[C@H]1CC[C@H]2C[C@@H](O)C[C@](C)(OC(=O)CC(C)(C)C)[C@@H]2C1CC[C@@H]1C[C@@H](O)CC(=O)O1. The number of hydrogen-bond donors (Lipinski definition) is 2. The number of esters is 2. The van der Waals surface area contributed by atoms with Gasteiger partial charge in [0.25, 0.3) is 0 Å². The summed E-state index contributed by atoms with van der Waals surface area (Å²) in [5.41, 5.74) is -0.835. The summed E-state index contributed by atoms with van der Waals surface area (Å²) in [5, 5.41) is 20.5. The second kappa shape index (κ2) is 9.38. The maximum atomic E-state index is 12.8. The Morgan fingerprint density at radius 1 is 1.16 bits per heavy atom. The van der Waals surface area contributed by atoms with Gasteiger partial charge in [0.1, 0.15) is 11.7 Å². The third kappa shape index (κ3) is 6.22. The molecule has 0 aromatic heterocycles. The van der Waals surface area contributed by atoms with Crippen molar-refractivity contribution in [2.24, 2.45) is 29.1 Å². The fourth-order valence-corrected chi connectivity index (χ4v) is 6.55. The molecule has 1 saturated heterocycles. The van der Waals surface area contributed by atoms with E-state index in [1.54, 1.807) is 0 Å². The van der Waals surface area contributed by atoms with Crippen molar-refractivity contribution in [3.05, 3.63) is 0 Å². The van der Waals surface area contributed by atoms with Crippen molar-refractivity contribution in [3.63, 3.8) is 0 Å². The number of carbonyl (C=O) groups excluding carboxylic acids is 2. The first-order valence-electron chi connectivity index (χ1n) is 12.1. The van der Waals surface area contributed by atoms with E-state index in [9.17, 15) is 19.8 Å². The molecule has 3 fully saturated rings. The van der Waals surface area contributed by atoms with Crippen LogP contribution in [-0.4, -0.2) is 46.1 Å². The molecule has 1 aliphatic heterocycles. The third-order valence-electron chi connectivity index (χ3n) is 7.69. The van der Waals surface area contributed by atoms with Crippen molar-refractivity contribution in [1.82, 2.24) is 0 Å². The molecule has 0 bridgehead atoms. The van der Waals surface area contributed by atoms with E-state index in [-0.39, 0.29) is 35.8 Å². The predicted molar refractivity (Wildman–Crippen MR) is 117 cm³/mol. The van der Waals surface area contributed by atoms with Crippen molar-refractivity contribution < 1.29 is 29.3 Å². The number of rotatable bonds is 5. The van der Waals surface area contributed by atoms with Gasteiger partial charge >= 0.3 is 11.9 Å². The lowest BCUT2D eigenvalue weighted by Gasteiger charge is -2.54. The standard InChI is InChI=1S/C25H42O6/c1-15-6-7-16-10-18(27)13-25(5,31-22(29)14-24(2,3)4)23(16)20(15)9-8-19-11-17(26)12-21(28)30-19/h15-20,23,26-27H,6-14H2,1-5H3/t15-,16-,17+,18+,19+,20?,23-,25-/m0/s1. The van der Waals surface area contributed by atoms with E-state index in [1.807, 2.05) is 27.7 Å². The summed E-state index contributed by atoms with van der Waals surface area (Å²) in [6, 6.07) is 0. The fourth-order valence-electron chi connectivity index (χ4n) is 6.55. The van der Waals surface area contributed by atoms with Crippen LogP contribution in [0.5, 0.6) is 0 Å². The Labute approximate surface area is 187 Å². The van der Waals surface area contributed by atoms with Gasteiger partial charge in [0.05, 0.1) is 25.0 Å². The van der Waals surface area contributed by atoms with Crippen LogP contribution in [0.15, 0.2) is 0 Å². The van der Waals surface area contributed by atoms with Crippen molar-refractivity contribution in [2.45, 2.75) is 116 Å². The summed E-state index contributed by atoms with van der Waals surface area (Å²) >= 11 is 0. The highest BCUT2D eigenvalue weighted by Gasteiger charge is 2.54. The highest BCUT2D eigenvalue weighted by molar-refractivity contribution is 5.71. The van der Waals surface area contributed by atoms with E-state index in [2.05, 4.69) is 6.92 Å². The maximum absolute atomic E-state index is 12.8. The largest absolute Gasteiger partial charge is 0.462 e. The minimum absolute atomic E-state index is 0.0840. The first-order valence-corrected chi connectivity index (χ1v) is 12.1. The molecule has 6 nitrogen and oxygen atoms in total. The Hall–Kier alpha value is -1.14. The molecule has 8 atom stereocenters. The van der Waals surface area contributed by atoms with Gasteiger partial charge in [-0.15, -0.1) is 0 Å². The quantitative estimate of drug-likeness (QED) is 0.630. The third-order valence-corrected chi connectivity index (χ3v) is 7.69. The molecule has 0 radical (unpaired) electrons. The van der Waals surface area contributed by atoms with Gasteiger partial charge in [-0.1, -0.05) is 34.1 Å². The Balaban J connectivity index is 1.76. The molecule has 2 saturated carbocycles. The average molecular weight is 439 g/mol. The molecular weight excluding hydrogens is 396 g/mol. The summed E-state index contributed by atoms with van der Waals surface area (Å²) in [7, 11) is 0. The molecule has 0 aromatic rings. The molecule has 0 aromatic carbocycles. The summed E-state index contributed by atoms with van der Waals surface area (Å²) < 4.78 is 11.7. The summed E-state index contributed by atoms with van der Waals surface area (Å²) in [6.45, 7) is 10.4. The minimum Gasteiger partial charge on any atom is -0.462 e. The predicted octanol–water partition coefficient (Wildman–Crippen LogP) is 4.00. The van der Waals surface area contributed by atoms with Crippen LogP contribution in [0.25, 0.3) is 0 Å². The highest BCUT2D eigenvalue weighted by Crippen LogP contribution is 2.53. The fraction of sp³-hybridized carbons (Fsp3) is 0.920. The Morgan fingerprint density at radius 3 is 2.52 bits per heavy atom. The molecule has 3 rings (SSSR count). The zero-order chi connectivity index (χ0) is 23.0. The second-order valence-corrected chi connectivity index (χ2v) is 11.9. The number of ether oxygens (including phenoxy) is 2. The lowest BCUT2D eigenvalue weighted by atomic mass is 9.55. The van der Waals surface area contributed by atoms with Crippen molar-refractivity contribution >= 4 is 11.9 Å². The molecule has 1 unspecified atom stereocenters.